The first-order valence-corrected chi connectivity index (χ1v) is 18.8. The highest BCUT2D eigenvalue weighted by Gasteiger charge is 2.39. The fourth-order valence-electron chi connectivity index (χ4n) is 7.25. The maximum atomic E-state index is 5.12. The van der Waals surface area contributed by atoms with E-state index in [0.717, 1.165) is 13.0 Å². The number of aryl methyl sites for hydroxylation is 1. The molecule has 2 unspecified atom stereocenters. The predicted octanol–water partition coefficient (Wildman–Crippen LogP) is 13.0. The minimum atomic E-state index is -0.0238. The Bertz CT molecular complexity index is 1070. The maximum Gasteiger partial charge on any atom is 0.112 e. The summed E-state index contributed by atoms with van der Waals surface area (Å²) in [6.07, 6.45) is 32.7. The molecule has 3 rings (SSSR count). The van der Waals surface area contributed by atoms with E-state index in [1.54, 1.807) is 0 Å². The zero-order valence-electron chi connectivity index (χ0n) is 29.0. The van der Waals surface area contributed by atoms with Crippen LogP contribution in [-0.4, -0.2) is 9.55 Å². The highest BCUT2D eigenvalue weighted by Crippen LogP contribution is 2.44. The number of benzene rings is 2. The normalized spacial score (nSPS) is 13.6. The number of nitrogens with zero attached hydrogens (tertiary/aromatic N) is 2. The summed E-state index contributed by atoms with van der Waals surface area (Å²) in [6.45, 7) is 8.21. The Labute approximate surface area is 272 Å². The quantitative estimate of drug-likeness (QED) is 0.0840. The van der Waals surface area contributed by atoms with Crippen LogP contribution in [0.5, 0.6) is 0 Å². The molecule has 0 amide bonds. The Kier molecular flexibility index (Phi) is 18.2. The van der Waals surface area contributed by atoms with Gasteiger partial charge in [-0.25, -0.2) is 4.98 Å². The van der Waals surface area contributed by atoms with E-state index in [4.69, 9.17) is 4.98 Å². The largest absolute Gasteiger partial charge is 0.335 e. The average molecular weight is 599 g/mol. The Balaban J connectivity index is 1.64. The number of unbranched alkanes of at least 4 members (excludes halogenated alkanes) is 17. The van der Waals surface area contributed by atoms with Gasteiger partial charge in [0.1, 0.15) is 5.82 Å². The van der Waals surface area contributed by atoms with Crippen LogP contribution in [0.1, 0.15) is 172 Å². The lowest BCUT2D eigenvalue weighted by Gasteiger charge is -2.39. The van der Waals surface area contributed by atoms with Gasteiger partial charge in [0.15, 0.2) is 0 Å². The third-order valence-corrected chi connectivity index (χ3v) is 10.0. The van der Waals surface area contributed by atoms with Gasteiger partial charge >= 0.3 is 0 Å². The molecule has 0 aliphatic carbocycles. The van der Waals surface area contributed by atoms with Crippen LogP contribution in [0.25, 0.3) is 0 Å². The van der Waals surface area contributed by atoms with Crippen molar-refractivity contribution >= 4 is 0 Å². The summed E-state index contributed by atoms with van der Waals surface area (Å²) in [5, 5.41) is 0. The van der Waals surface area contributed by atoms with Gasteiger partial charge in [-0.05, 0) is 30.4 Å². The van der Waals surface area contributed by atoms with E-state index < -0.39 is 0 Å². The lowest BCUT2D eigenvalue weighted by Crippen LogP contribution is -2.35. The Hall–Kier alpha value is -2.35. The minimum absolute atomic E-state index is 0.0238. The standard InChI is InChI=1S/C42H66N2/c1-4-6-8-10-12-13-14-15-16-17-18-19-27-33-40(41-43-34-36-44(41)35-28-20-11-9-7-5-2)42(3,39-31-25-22-26-32-39)37-38-29-23-21-24-30-38/h21-26,29-32,34,36,40H,4-20,27-28,33,35,37H2,1-3H3. The van der Waals surface area contributed by atoms with Gasteiger partial charge in [0.2, 0.25) is 0 Å². The monoisotopic (exact) mass is 599 g/mol. The highest BCUT2D eigenvalue weighted by atomic mass is 15.1. The predicted molar refractivity (Wildman–Crippen MR) is 193 cm³/mol. The van der Waals surface area contributed by atoms with Crippen LogP contribution in [0.4, 0.5) is 0 Å². The van der Waals surface area contributed by atoms with Crippen molar-refractivity contribution in [3.8, 4) is 0 Å². The molecule has 2 nitrogen and oxygen atoms in total. The lowest BCUT2D eigenvalue weighted by atomic mass is 9.66. The van der Waals surface area contributed by atoms with Crippen molar-refractivity contribution in [1.29, 1.82) is 0 Å². The number of aromatic nitrogens is 2. The number of hydrogen-bond acceptors (Lipinski definition) is 1. The molecule has 244 valence electrons. The van der Waals surface area contributed by atoms with E-state index in [2.05, 4.69) is 98.4 Å². The maximum absolute atomic E-state index is 5.12. The van der Waals surface area contributed by atoms with Crippen LogP contribution in [0, 0.1) is 0 Å². The van der Waals surface area contributed by atoms with Gasteiger partial charge in [-0.1, -0.05) is 197 Å². The molecule has 44 heavy (non-hydrogen) atoms. The Morgan fingerprint density at radius 1 is 0.591 bits per heavy atom. The number of hydrogen-bond donors (Lipinski definition) is 0. The van der Waals surface area contributed by atoms with Crippen molar-refractivity contribution in [2.45, 2.75) is 173 Å². The third-order valence-electron chi connectivity index (χ3n) is 10.0. The van der Waals surface area contributed by atoms with Crippen molar-refractivity contribution in [3.63, 3.8) is 0 Å². The Morgan fingerprint density at radius 3 is 1.61 bits per heavy atom. The van der Waals surface area contributed by atoms with Gasteiger partial charge in [0.05, 0.1) is 0 Å². The van der Waals surface area contributed by atoms with E-state index in [9.17, 15) is 0 Å². The van der Waals surface area contributed by atoms with E-state index in [0.29, 0.717) is 5.92 Å². The fourth-order valence-corrected chi connectivity index (χ4v) is 7.25. The van der Waals surface area contributed by atoms with E-state index in [1.807, 2.05) is 0 Å². The van der Waals surface area contributed by atoms with Gasteiger partial charge < -0.3 is 4.57 Å². The average Bonchev–Trinajstić information content (AvgIpc) is 3.51. The molecule has 2 atom stereocenters. The molecule has 0 radical (unpaired) electrons. The molecule has 0 bridgehead atoms. The first-order valence-electron chi connectivity index (χ1n) is 18.8. The molecule has 0 fully saturated rings. The van der Waals surface area contributed by atoms with Gasteiger partial charge in [0, 0.05) is 30.3 Å². The van der Waals surface area contributed by atoms with Crippen LogP contribution in [0.3, 0.4) is 0 Å². The first kappa shape index (κ1) is 36.1. The second kappa shape index (κ2) is 22.2. The van der Waals surface area contributed by atoms with E-state index in [-0.39, 0.29) is 5.41 Å². The molecule has 0 saturated heterocycles. The molecule has 1 heterocycles. The molecule has 2 aromatic carbocycles. The zero-order chi connectivity index (χ0) is 31.1. The summed E-state index contributed by atoms with van der Waals surface area (Å²) in [5.41, 5.74) is 2.84. The van der Waals surface area contributed by atoms with E-state index in [1.165, 1.54) is 145 Å². The second-order valence-electron chi connectivity index (χ2n) is 13.8. The molecule has 1 aromatic heterocycles. The van der Waals surface area contributed by atoms with Crippen molar-refractivity contribution < 1.29 is 0 Å². The number of rotatable bonds is 26. The molecule has 0 aliphatic heterocycles. The van der Waals surface area contributed by atoms with Crippen LogP contribution >= 0.6 is 0 Å². The van der Waals surface area contributed by atoms with Gasteiger partial charge in [-0.2, -0.15) is 0 Å². The second-order valence-corrected chi connectivity index (χ2v) is 13.8. The van der Waals surface area contributed by atoms with Gasteiger partial charge in [0.25, 0.3) is 0 Å². The van der Waals surface area contributed by atoms with Crippen molar-refractivity contribution in [1.82, 2.24) is 9.55 Å². The highest BCUT2D eigenvalue weighted by molar-refractivity contribution is 5.33. The van der Waals surface area contributed by atoms with Crippen molar-refractivity contribution in [2.75, 3.05) is 0 Å². The molecular formula is C42H66N2. The van der Waals surface area contributed by atoms with Gasteiger partial charge in [-0.15, -0.1) is 0 Å². The van der Waals surface area contributed by atoms with Crippen molar-refractivity contribution in [2.24, 2.45) is 0 Å². The van der Waals surface area contributed by atoms with Crippen LogP contribution < -0.4 is 0 Å². The summed E-state index contributed by atoms with van der Waals surface area (Å²) in [6, 6.07) is 22.5. The summed E-state index contributed by atoms with van der Waals surface area (Å²) < 4.78 is 2.51. The van der Waals surface area contributed by atoms with Crippen LogP contribution in [0.2, 0.25) is 0 Å². The smallest absolute Gasteiger partial charge is 0.112 e. The fraction of sp³-hybridized carbons (Fsp3) is 0.643. The molecular weight excluding hydrogens is 532 g/mol. The van der Waals surface area contributed by atoms with Gasteiger partial charge in [-0.3, -0.25) is 0 Å². The van der Waals surface area contributed by atoms with Crippen LogP contribution in [-0.2, 0) is 18.4 Å². The summed E-state index contributed by atoms with van der Waals surface area (Å²) in [4.78, 5) is 5.12. The van der Waals surface area contributed by atoms with E-state index >= 15 is 0 Å². The molecule has 0 spiro atoms. The van der Waals surface area contributed by atoms with Crippen molar-refractivity contribution in [3.05, 3.63) is 90.0 Å². The summed E-state index contributed by atoms with van der Waals surface area (Å²) >= 11 is 0. The molecule has 0 saturated carbocycles. The summed E-state index contributed by atoms with van der Waals surface area (Å²) in [7, 11) is 0. The number of imidazole rings is 1. The summed E-state index contributed by atoms with van der Waals surface area (Å²) in [5.74, 6) is 1.69. The Morgan fingerprint density at radius 2 is 1.07 bits per heavy atom. The third kappa shape index (κ3) is 12.9. The van der Waals surface area contributed by atoms with Crippen LogP contribution in [0.15, 0.2) is 73.1 Å². The molecule has 0 aliphatic rings. The molecule has 0 N–H and O–H groups in total. The first-order chi connectivity index (χ1) is 21.7. The molecule has 3 aromatic rings. The SMILES string of the molecule is CCCCCCCCCCCCCCCC(c1nccn1CCCCCCCC)C(C)(Cc1ccccc1)c1ccccc1. The minimum Gasteiger partial charge on any atom is -0.335 e. The molecule has 2 heteroatoms. The lowest BCUT2D eigenvalue weighted by molar-refractivity contribution is 0.321. The topological polar surface area (TPSA) is 17.8 Å². The zero-order valence-corrected chi connectivity index (χ0v) is 29.0.